The van der Waals surface area contributed by atoms with Crippen LogP contribution in [0.2, 0.25) is 0 Å². The van der Waals surface area contributed by atoms with E-state index in [4.69, 9.17) is 9.47 Å². The fourth-order valence-electron chi connectivity index (χ4n) is 5.76. The molecule has 0 radical (unpaired) electrons. The van der Waals surface area contributed by atoms with Crippen molar-refractivity contribution < 1.29 is 14.3 Å². The first kappa shape index (κ1) is 24.8. The summed E-state index contributed by atoms with van der Waals surface area (Å²) in [5, 5.41) is 8.97. The predicted molar refractivity (Wildman–Crippen MR) is 140 cm³/mol. The number of hydrogen-bond donors (Lipinski definition) is 0. The second-order valence-corrected chi connectivity index (χ2v) is 9.93. The van der Waals surface area contributed by atoms with Crippen LogP contribution < -0.4 is 14.4 Å². The van der Waals surface area contributed by atoms with Gasteiger partial charge in [0.05, 0.1) is 26.3 Å². The normalized spacial score (nSPS) is 20.1. The van der Waals surface area contributed by atoms with Gasteiger partial charge in [0, 0.05) is 58.4 Å². The van der Waals surface area contributed by atoms with E-state index in [-0.39, 0.29) is 5.91 Å². The third-order valence-electron chi connectivity index (χ3n) is 7.90. The fourth-order valence-corrected chi connectivity index (χ4v) is 5.76. The van der Waals surface area contributed by atoms with Crippen molar-refractivity contribution in [3.8, 4) is 22.8 Å². The second kappa shape index (κ2) is 11.4. The van der Waals surface area contributed by atoms with Gasteiger partial charge >= 0.3 is 0 Å². The van der Waals surface area contributed by atoms with E-state index in [0.717, 1.165) is 69.8 Å². The second-order valence-electron chi connectivity index (χ2n) is 9.93. The molecule has 9 nitrogen and oxygen atoms in total. The summed E-state index contributed by atoms with van der Waals surface area (Å²) in [4.78, 5) is 22.1. The minimum atomic E-state index is 0.268. The van der Waals surface area contributed by atoms with Gasteiger partial charge in [-0.15, -0.1) is 10.2 Å². The highest BCUT2D eigenvalue weighted by molar-refractivity contribution is 5.78. The van der Waals surface area contributed by atoms with Crippen molar-refractivity contribution in [2.24, 2.45) is 0 Å². The molecule has 1 aromatic heterocycles. The van der Waals surface area contributed by atoms with Gasteiger partial charge in [0.2, 0.25) is 5.91 Å². The molecular formula is C27H38N6O3. The van der Waals surface area contributed by atoms with Crippen LogP contribution in [0.25, 0.3) is 11.3 Å². The van der Waals surface area contributed by atoms with Crippen molar-refractivity contribution >= 4 is 11.7 Å². The summed E-state index contributed by atoms with van der Waals surface area (Å²) in [6, 6.07) is 10.4. The van der Waals surface area contributed by atoms with E-state index in [9.17, 15) is 4.79 Å². The number of rotatable bonds is 7. The van der Waals surface area contributed by atoms with E-state index in [0.29, 0.717) is 23.7 Å². The maximum atomic E-state index is 12.9. The van der Waals surface area contributed by atoms with Crippen LogP contribution in [0.5, 0.6) is 11.5 Å². The lowest BCUT2D eigenvalue weighted by atomic mass is 10.1. The summed E-state index contributed by atoms with van der Waals surface area (Å²) in [5.74, 6) is 2.52. The molecule has 1 aliphatic carbocycles. The number of amides is 1. The molecule has 0 spiro atoms. The number of carbonyl (C=O) groups is 1. The highest BCUT2D eigenvalue weighted by atomic mass is 16.5. The summed E-state index contributed by atoms with van der Waals surface area (Å²) >= 11 is 0. The van der Waals surface area contributed by atoms with Crippen molar-refractivity contribution in [2.75, 3.05) is 78.0 Å². The molecule has 194 valence electrons. The van der Waals surface area contributed by atoms with Crippen LogP contribution in [0.3, 0.4) is 0 Å². The van der Waals surface area contributed by atoms with Crippen LogP contribution in [-0.4, -0.2) is 110 Å². The Labute approximate surface area is 214 Å². The van der Waals surface area contributed by atoms with Crippen LogP contribution in [-0.2, 0) is 4.79 Å². The predicted octanol–water partition coefficient (Wildman–Crippen LogP) is 2.37. The van der Waals surface area contributed by atoms with Crippen molar-refractivity contribution in [2.45, 2.75) is 31.7 Å². The molecule has 0 bridgehead atoms. The summed E-state index contributed by atoms with van der Waals surface area (Å²) in [6.07, 6.45) is 5.39. The minimum absolute atomic E-state index is 0.268. The number of methoxy groups -OCH3 is 2. The zero-order valence-electron chi connectivity index (χ0n) is 21.6. The van der Waals surface area contributed by atoms with Crippen LogP contribution >= 0.6 is 0 Å². The number of aromatic nitrogens is 2. The number of piperazine rings is 2. The molecule has 2 saturated heterocycles. The first-order valence-electron chi connectivity index (χ1n) is 13.2. The maximum Gasteiger partial charge on any atom is 0.236 e. The van der Waals surface area contributed by atoms with Gasteiger partial charge in [-0.25, -0.2) is 0 Å². The first-order valence-corrected chi connectivity index (χ1v) is 13.2. The Morgan fingerprint density at radius 1 is 0.861 bits per heavy atom. The molecule has 0 unspecified atom stereocenters. The lowest BCUT2D eigenvalue weighted by molar-refractivity contribution is -0.134. The van der Waals surface area contributed by atoms with Gasteiger partial charge < -0.3 is 19.3 Å². The number of hydrogen-bond acceptors (Lipinski definition) is 8. The molecule has 2 aliphatic heterocycles. The SMILES string of the molecule is COc1cccc(OC)c1-c1ccc(N2CCN(CC(=O)N3CCN(C4CCCC4)CC3)CC2)nn1. The Morgan fingerprint density at radius 3 is 2.11 bits per heavy atom. The average molecular weight is 495 g/mol. The number of ether oxygens (including phenoxy) is 2. The summed E-state index contributed by atoms with van der Waals surface area (Å²) in [7, 11) is 3.28. The van der Waals surface area contributed by atoms with E-state index in [2.05, 4.69) is 29.8 Å². The van der Waals surface area contributed by atoms with Gasteiger partial charge in [0.25, 0.3) is 0 Å². The molecule has 3 fully saturated rings. The molecule has 3 heterocycles. The van der Waals surface area contributed by atoms with Gasteiger partial charge in [-0.2, -0.15) is 0 Å². The van der Waals surface area contributed by atoms with Crippen LogP contribution in [0, 0.1) is 0 Å². The monoisotopic (exact) mass is 494 g/mol. The van der Waals surface area contributed by atoms with Crippen molar-refractivity contribution in [1.82, 2.24) is 24.9 Å². The van der Waals surface area contributed by atoms with Crippen molar-refractivity contribution in [3.63, 3.8) is 0 Å². The molecule has 1 aromatic carbocycles. The summed E-state index contributed by atoms with van der Waals surface area (Å²) in [5.41, 5.74) is 1.51. The van der Waals surface area contributed by atoms with Gasteiger partial charge in [-0.1, -0.05) is 18.9 Å². The number of nitrogens with zero attached hydrogens (tertiary/aromatic N) is 6. The number of carbonyl (C=O) groups excluding carboxylic acids is 1. The van der Waals surface area contributed by atoms with E-state index < -0.39 is 0 Å². The minimum Gasteiger partial charge on any atom is -0.496 e. The molecule has 5 rings (SSSR count). The number of anilines is 1. The van der Waals surface area contributed by atoms with Gasteiger partial charge in [0.15, 0.2) is 5.82 Å². The average Bonchev–Trinajstić information content (AvgIpc) is 3.48. The molecule has 2 aromatic rings. The summed E-state index contributed by atoms with van der Waals surface area (Å²) < 4.78 is 11.0. The smallest absolute Gasteiger partial charge is 0.236 e. The molecule has 1 amide bonds. The Kier molecular flexibility index (Phi) is 7.87. The standard InChI is InChI=1S/C27H38N6O3/c1-35-23-8-5-9-24(36-2)27(23)22-10-11-25(29-28-22)32-14-12-30(13-15-32)20-26(34)33-18-16-31(17-19-33)21-6-3-4-7-21/h5,8-11,21H,3-4,6-7,12-20H2,1-2H3. The molecule has 0 N–H and O–H groups in total. The zero-order chi connectivity index (χ0) is 24.9. The Bertz CT molecular complexity index is 988. The highest BCUT2D eigenvalue weighted by Gasteiger charge is 2.29. The van der Waals surface area contributed by atoms with Crippen molar-refractivity contribution in [3.05, 3.63) is 30.3 Å². The zero-order valence-corrected chi connectivity index (χ0v) is 21.6. The Hall–Kier alpha value is -2.91. The first-order chi connectivity index (χ1) is 17.7. The molecular weight excluding hydrogens is 456 g/mol. The van der Waals surface area contributed by atoms with E-state index >= 15 is 0 Å². The molecule has 9 heteroatoms. The third-order valence-corrected chi connectivity index (χ3v) is 7.90. The van der Waals surface area contributed by atoms with E-state index in [1.807, 2.05) is 30.3 Å². The fraction of sp³-hybridized carbons (Fsp3) is 0.593. The van der Waals surface area contributed by atoms with Gasteiger partial charge in [0.1, 0.15) is 17.2 Å². The van der Waals surface area contributed by atoms with Crippen LogP contribution in [0.1, 0.15) is 25.7 Å². The third kappa shape index (κ3) is 5.42. The Balaban J connectivity index is 1.11. The molecule has 3 aliphatic rings. The summed E-state index contributed by atoms with van der Waals surface area (Å²) in [6.45, 7) is 7.65. The van der Waals surface area contributed by atoms with Crippen LogP contribution in [0.4, 0.5) is 5.82 Å². The Morgan fingerprint density at radius 2 is 1.53 bits per heavy atom. The van der Waals surface area contributed by atoms with Crippen LogP contribution in [0.15, 0.2) is 30.3 Å². The largest absolute Gasteiger partial charge is 0.496 e. The number of benzene rings is 1. The van der Waals surface area contributed by atoms with E-state index in [1.165, 1.54) is 25.7 Å². The topological polar surface area (TPSA) is 74.3 Å². The van der Waals surface area contributed by atoms with Gasteiger partial charge in [-0.05, 0) is 37.1 Å². The van der Waals surface area contributed by atoms with Gasteiger partial charge in [-0.3, -0.25) is 14.6 Å². The molecule has 0 atom stereocenters. The van der Waals surface area contributed by atoms with E-state index in [1.54, 1.807) is 14.2 Å². The quantitative estimate of drug-likeness (QED) is 0.581. The lowest BCUT2D eigenvalue weighted by Gasteiger charge is -2.40. The maximum absolute atomic E-state index is 12.9. The molecule has 36 heavy (non-hydrogen) atoms. The highest BCUT2D eigenvalue weighted by Crippen LogP contribution is 2.37. The molecule has 1 saturated carbocycles. The van der Waals surface area contributed by atoms with Crippen molar-refractivity contribution in [1.29, 1.82) is 0 Å². The lowest BCUT2D eigenvalue weighted by Crippen LogP contribution is -2.55.